The molecule has 0 aliphatic carbocycles. The van der Waals surface area contributed by atoms with Crippen molar-refractivity contribution in [3.8, 4) is 11.1 Å². The van der Waals surface area contributed by atoms with Crippen LogP contribution in [0.25, 0.3) is 21.3 Å². The second-order valence-corrected chi connectivity index (χ2v) is 6.73. The summed E-state index contributed by atoms with van der Waals surface area (Å²) >= 11 is 1.36. The van der Waals surface area contributed by atoms with Crippen LogP contribution < -0.4 is 11.3 Å². The summed E-state index contributed by atoms with van der Waals surface area (Å²) in [5, 5.41) is 2.27. The Bertz CT molecular complexity index is 992. The van der Waals surface area contributed by atoms with Crippen LogP contribution in [0.15, 0.2) is 34.4 Å². The van der Waals surface area contributed by atoms with E-state index in [4.69, 9.17) is 5.73 Å². The van der Waals surface area contributed by atoms with Crippen LogP contribution in [0.2, 0.25) is 0 Å². The van der Waals surface area contributed by atoms with Crippen LogP contribution in [0, 0.1) is 5.82 Å². The number of rotatable bonds is 5. The van der Waals surface area contributed by atoms with Crippen molar-refractivity contribution >= 4 is 27.5 Å². The Morgan fingerprint density at radius 3 is 2.64 bits per heavy atom. The molecular weight excluding hydrogens is 341 g/mol. The lowest BCUT2D eigenvalue weighted by molar-refractivity contribution is -0.120. The van der Waals surface area contributed by atoms with Gasteiger partial charge in [0, 0.05) is 17.4 Å². The van der Waals surface area contributed by atoms with Gasteiger partial charge in [0.05, 0.1) is 5.39 Å². The molecule has 0 aliphatic heterocycles. The van der Waals surface area contributed by atoms with Gasteiger partial charge < -0.3 is 5.73 Å². The summed E-state index contributed by atoms with van der Waals surface area (Å²) in [5.74, 6) is -0.371. The van der Waals surface area contributed by atoms with Gasteiger partial charge in [-0.3, -0.25) is 14.2 Å². The van der Waals surface area contributed by atoms with Crippen molar-refractivity contribution in [1.82, 2.24) is 9.55 Å². The van der Waals surface area contributed by atoms with E-state index in [1.54, 1.807) is 19.1 Å². The quantitative estimate of drug-likeness (QED) is 0.759. The highest BCUT2D eigenvalue weighted by Crippen LogP contribution is 2.31. The van der Waals surface area contributed by atoms with Crippen LogP contribution >= 0.6 is 11.3 Å². The third-order valence-corrected chi connectivity index (χ3v) is 5.01. The van der Waals surface area contributed by atoms with Crippen molar-refractivity contribution < 1.29 is 9.18 Å². The fraction of sp³-hybridized carbons (Fsp3) is 0.278. The van der Waals surface area contributed by atoms with E-state index in [1.807, 2.05) is 12.3 Å². The number of aryl methyl sites for hydroxylation is 1. The smallest absolute Gasteiger partial charge is 0.263 e. The average Bonchev–Trinajstić information content (AvgIpc) is 2.99. The molecule has 7 heteroatoms. The number of halogens is 1. The molecule has 1 amide bonds. The number of hydrogen-bond acceptors (Lipinski definition) is 4. The lowest BCUT2D eigenvalue weighted by atomic mass is 10.1. The maximum atomic E-state index is 13.2. The SMILES string of the molecule is CCCc1nc2scc(-c3ccc(F)cc3)c2c(=O)n1C(C)C(N)=O. The van der Waals surface area contributed by atoms with Gasteiger partial charge in [0.15, 0.2) is 0 Å². The van der Waals surface area contributed by atoms with Crippen molar-refractivity contribution in [2.24, 2.45) is 5.73 Å². The molecular formula is C18H18FN3O2S. The van der Waals surface area contributed by atoms with E-state index in [0.717, 1.165) is 12.0 Å². The summed E-state index contributed by atoms with van der Waals surface area (Å²) in [6, 6.07) is 5.16. The van der Waals surface area contributed by atoms with E-state index < -0.39 is 11.9 Å². The van der Waals surface area contributed by atoms with Crippen LogP contribution in [-0.2, 0) is 11.2 Å². The van der Waals surface area contributed by atoms with Crippen molar-refractivity contribution in [1.29, 1.82) is 0 Å². The van der Waals surface area contributed by atoms with Gasteiger partial charge in [-0.1, -0.05) is 19.1 Å². The van der Waals surface area contributed by atoms with Crippen LogP contribution in [-0.4, -0.2) is 15.5 Å². The Hall–Kier alpha value is -2.54. The number of benzene rings is 1. The molecule has 2 N–H and O–H groups in total. The first kappa shape index (κ1) is 17.3. The molecule has 0 aliphatic rings. The van der Waals surface area contributed by atoms with Gasteiger partial charge in [0.1, 0.15) is 22.5 Å². The Kier molecular flexibility index (Phi) is 4.67. The normalized spacial score (nSPS) is 12.4. The minimum atomic E-state index is -0.785. The number of carbonyl (C=O) groups is 1. The van der Waals surface area contributed by atoms with Gasteiger partial charge in [-0.05, 0) is 31.0 Å². The van der Waals surface area contributed by atoms with Gasteiger partial charge in [0.25, 0.3) is 5.56 Å². The molecule has 2 aromatic heterocycles. The van der Waals surface area contributed by atoms with Crippen molar-refractivity contribution in [2.75, 3.05) is 0 Å². The fourth-order valence-corrected chi connectivity index (χ4v) is 3.77. The van der Waals surface area contributed by atoms with Crippen LogP contribution in [0.3, 0.4) is 0 Å². The minimum absolute atomic E-state index is 0.291. The number of hydrogen-bond donors (Lipinski definition) is 1. The van der Waals surface area contributed by atoms with E-state index in [2.05, 4.69) is 4.98 Å². The number of thiophene rings is 1. The summed E-state index contributed by atoms with van der Waals surface area (Å²) in [6.45, 7) is 3.58. The fourth-order valence-electron chi connectivity index (χ4n) is 2.81. The number of nitrogens with two attached hydrogens (primary N) is 1. The van der Waals surface area contributed by atoms with Gasteiger partial charge in [-0.15, -0.1) is 11.3 Å². The highest BCUT2D eigenvalue weighted by Gasteiger charge is 2.22. The lowest BCUT2D eigenvalue weighted by Crippen LogP contribution is -2.35. The number of aromatic nitrogens is 2. The Labute approximate surface area is 147 Å². The third-order valence-electron chi connectivity index (χ3n) is 4.14. The van der Waals surface area contributed by atoms with Gasteiger partial charge >= 0.3 is 0 Å². The van der Waals surface area contributed by atoms with Crippen molar-refractivity contribution in [2.45, 2.75) is 32.7 Å². The second-order valence-electron chi connectivity index (χ2n) is 5.87. The van der Waals surface area contributed by atoms with E-state index in [-0.39, 0.29) is 11.4 Å². The summed E-state index contributed by atoms with van der Waals surface area (Å²) in [5.41, 5.74) is 6.55. The van der Waals surface area contributed by atoms with Gasteiger partial charge in [0.2, 0.25) is 5.91 Å². The summed E-state index contributed by atoms with van der Waals surface area (Å²) < 4.78 is 14.6. The highest BCUT2D eigenvalue weighted by molar-refractivity contribution is 7.17. The molecule has 130 valence electrons. The van der Waals surface area contributed by atoms with Crippen molar-refractivity contribution in [3.05, 3.63) is 51.6 Å². The molecule has 1 atom stereocenters. The lowest BCUT2D eigenvalue weighted by Gasteiger charge is -2.16. The number of nitrogens with zero attached hydrogens (tertiary/aromatic N) is 2. The maximum Gasteiger partial charge on any atom is 0.263 e. The Morgan fingerprint density at radius 1 is 1.36 bits per heavy atom. The highest BCUT2D eigenvalue weighted by atomic mass is 32.1. The molecule has 0 radical (unpaired) electrons. The predicted octanol–water partition coefficient (Wildman–Crippen LogP) is 3.26. The molecule has 1 aromatic carbocycles. The van der Waals surface area contributed by atoms with E-state index in [9.17, 15) is 14.0 Å². The predicted molar refractivity (Wildman–Crippen MR) is 97.2 cm³/mol. The summed E-state index contributed by atoms with van der Waals surface area (Å²) in [7, 11) is 0. The Morgan fingerprint density at radius 2 is 2.04 bits per heavy atom. The first-order valence-electron chi connectivity index (χ1n) is 8.02. The first-order chi connectivity index (χ1) is 11.9. The molecule has 25 heavy (non-hydrogen) atoms. The molecule has 3 rings (SSSR count). The van der Waals surface area contributed by atoms with Crippen LogP contribution in [0.1, 0.15) is 32.1 Å². The monoisotopic (exact) mass is 359 g/mol. The van der Waals surface area contributed by atoms with E-state index in [1.165, 1.54) is 28.0 Å². The second kappa shape index (κ2) is 6.76. The number of amides is 1. The molecule has 0 saturated heterocycles. The summed E-state index contributed by atoms with van der Waals surface area (Å²) in [6.07, 6.45) is 1.37. The zero-order valence-corrected chi connectivity index (χ0v) is 14.8. The minimum Gasteiger partial charge on any atom is -0.368 e. The van der Waals surface area contributed by atoms with Gasteiger partial charge in [-0.2, -0.15) is 0 Å². The zero-order chi connectivity index (χ0) is 18.1. The molecule has 0 spiro atoms. The van der Waals surface area contributed by atoms with Gasteiger partial charge in [-0.25, -0.2) is 9.37 Å². The number of primary amides is 1. The molecule has 0 saturated carbocycles. The number of fused-ring (bicyclic) bond motifs is 1. The molecule has 0 fully saturated rings. The molecule has 2 heterocycles. The molecule has 1 unspecified atom stereocenters. The maximum absolute atomic E-state index is 13.2. The van der Waals surface area contributed by atoms with E-state index in [0.29, 0.717) is 28.0 Å². The largest absolute Gasteiger partial charge is 0.368 e. The standard InChI is InChI=1S/C18H18FN3O2S/c1-3-4-14-21-17-15(18(24)22(14)10(2)16(20)23)13(9-25-17)11-5-7-12(19)8-6-11/h5-10H,3-4H2,1-2H3,(H2,20,23). The topological polar surface area (TPSA) is 78.0 Å². The zero-order valence-electron chi connectivity index (χ0n) is 14.0. The van der Waals surface area contributed by atoms with Crippen LogP contribution in [0.5, 0.6) is 0 Å². The van der Waals surface area contributed by atoms with Crippen LogP contribution in [0.4, 0.5) is 4.39 Å². The summed E-state index contributed by atoms with van der Waals surface area (Å²) in [4.78, 5) is 30.0. The molecule has 3 aromatic rings. The van der Waals surface area contributed by atoms with E-state index >= 15 is 0 Å². The molecule has 0 bridgehead atoms. The number of carbonyl (C=O) groups excluding carboxylic acids is 1. The molecule has 5 nitrogen and oxygen atoms in total. The first-order valence-corrected chi connectivity index (χ1v) is 8.89. The Balaban J connectivity index is 2.30. The third kappa shape index (κ3) is 3.07. The average molecular weight is 359 g/mol. The van der Waals surface area contributed by atoms with Crippen molar-refractivity contribution in [3.63, 3.8) is 0 Å².